The van der Waals surface area contributed by atoms with Crippen molar-refractivity contribution >= 4 is 49.1 Å². The molecule has 0 fully saturated rings. The van der Waals surface area contributed by atoms with Crippen LogP contribution in [0.5, 0.6) is 11.5 Å². The summed E-state index contributed by atoms with van der Waals surface area (Å²) < 4.78 is 36.8. The third-order valence-corrected chi connectivity index (χ3v) is 7.97. The first kappa shape index (κ1) is 24.8. The van der Waals surface area contributed by atoms with Crippen molar-refractivity contribution in [2.24, 2.45) is 0 Å². The van der Waals surface area contributed by atoms with Crippen molar-refractivity contribution in [3.63, 3.8) is 0 Å². The van der Waals surface area contributed by atoms with Crippen LogP contribution in [0, 0.1) is 6.92 Å². The van der Waals surface area contributed by atoms with Gasteiger partial charge in [-0.3, -0.25) is 9.59 Å². The van der Waals surface area contributed by atoms with Gasteiger partial charge < -0.3 is 19.8 Å². The maximum atomic E-state index is 12.8. The number of carbonyl (C=O) groups excluding carboxylic acids is 1. The lowest BCUT2D eigenvalue weighted by Crippen LogP contribution is -2.20. The molecular formula is C21H20BrN3O6S2. The summed E-state index contributed by atoms with van der Waals surface area (Å²) in [6.45, 7) is 1.75. The highest BCUT2D eigenvalue weighted by Crippen LogP contribution is 2.26. The first-order valence-corrected chi connectivity index (χ1v) is 12.7. The van der Waals surface area contributed by atoms with Crippen LogP contribution in [0.25, 0.3) is 0 Å². The monoisotopic (exact) mass is 553 g/mol. The van der Waals surface area contributed by atoms with E-state index in [2.05, 4.69) is 31.2 Å². The van der Waals surface area contributed by atoms with Gasteiger partial charge in [0.1, 0.15) is 11.5 Å². The first-order chi connectivity index (χ1) is 15.6. The second-order valence-corrected chi connectivity index (χ2v) is 10.5. The van der Waals surface area contributed by atoms with Crippen LogP contribution in [0.3, 0.4) is 0 Å². The minimum Gasteiger partial charge on any atom is -0.497 e. The van der Waals surface area contributed by atoms with Crippen LogP contribution in [-0.4, -0.2) is 44.3 Å². The van der Waals surface area contributed by atoms with E-state index < -0.39 is 20.3 Å². The molecule has 2 aromatic carbocycles. The zero-order valence-electron chi connectivity index (χ0n) is 17.8. The summed E-state index contributed by atoms with van der Waals surface area (Å²) in [5, 5.41) is 2.82. The van der Waals surface area contributed by atoms with Crippen molar-refractivity contribution in [1.82, 2.24) is 9.97 Å². The lowest BCUT2D eigenvalue weighted by Gasteiger charge is -2.10. The molecule has 3 aromatic rings. The molecule has 0 aliphatic rings. The molecule has 174 valence electrons. The number of ether oxygens (including phenoxy) is 2. The lowest BCUT2D eigenvalue weighted by atomic mass is 10.2. The first-order valence-electron chi connectivity index (χ1n) is 9.40. The number of nitrogens with zero attached hydrogens (tertiary/aromatic N) is 1. The number of halogens is 1. The summed E-state index contributed by atoms with van der Waals surface area (Å²) in [5.74, 6) is 0.600. The quantitative estimate of drug-likeness (QED) is 0.320. The number of aromatic amines is 1. The van der Waals surface area contributed by atoms with E-state index in [1.807, 2.05) is 0 Å². The highest BCUT2D eigenvalue weighted by Gasteiger charge is 2.23. The number of benzene rings is 2. The third kappa shape index (κ3) is 5.95. The fourth-order valence-corrected chi connectivity index (χ4v) is 4.95. The number of hydrogen-bond acceptors (Lipinski definition) is 8. The van der Waals surface area contributed by atoms with Gasteiger partial charge in [-0.2, -0.15) is 0 Å². The van der Waals surface area contributed by atoms with Gasteiger partial charge in [-0.15, -0.1) is 0 Å². The highest BCUT2D eigenvalue weighted by atomic mass is 79.9. The number of thioether (sulfide) groups is 1. The van der Waals surface area contributed by atoms with Crippen LogP contribution >= 0.6 is 27.7 Å². The second-order valence-electron chi connectivity index (χ2n) is 6.73. The van der Waals surface area contributed by atoms with Crippen LogP contribution < -0.4 is 20.3 Å². The molecule has 0 saturated heterocycles. The molecule has 0 aliphatic heterocycles. The van der Waals surface area contributed by atoms with E-state index in [0.717, 1.165) is 22.4 Å². The Morgan fingerprint density at radius 3 is 2.39 bits per heavy atom. The molecule has 3 rings (SSSR count). The highest BCUT2D eigenvalue weighted by molar-refractivity contribution is 9.10. The van der Waals surface area contributed by atoms with Gasteiger partial charge in [-0.1, -0.05) is 27.7 Å². The minimum atomic E-state index is -4.05. The van der Waals surface area contributed by atoms with Crippen molar-refractivity contribution in [1.29, 1.82) is 0 Å². The Labute approximate surface area is 203 Å². The van der Waals surface area contributed by atoms with Gasteiger partial charge >= 0.3 is 0 Å². The van der Waals surface area contributed by atoms with Crippen LogP contribution in [-0.2, 0) is 14.6 Å². The Bertz CT molecular complexity index is 1340. The molecule has 2 N–H and O–H groups in total. The topological polar surface area (TPSA) is 127 Å². The Hall–Kier alpha value is -2.83. The van der Waals surface area contributed by atoms with Crippen molar-refractivity contribution < 1.29 is 22.7 Å². The molecule has 0 saturated carbocycles. The van der Waals surface area contributed by atoms with Gasteiger partial charge in [0.2, 0.25) is 15.7 Å². The fourth-order valence-electron chi connectivity index (χ4n) is 2.75. The van der Waals surface area contributed by atoms with Crippen LogP contribution in [0.2, 0.25) is 0 Å². The smallest absolute Gasteiger partial charge is 0.270 e. The van der Waals surface area contributed by atoms with E-state index in [-0.39, 0.29) is 21.7 Å². The van der Waals surface area contributed by atoms with E-state index in [1.54, 1.807) is 31.2 Å². The SMILES string of the molecule is COc1cc(NC(=O)CSc2ncc(S(=O)(=O)c3ccc(Br)c(C)c3)c(=O)[nH]2)cc(OC)c1. The largest absolute Gasteiger partial charge is 0.497 e. The zero-order chi connectivity index (χ0) is 24.2. The number of amides is 1. The van der Waals surface area contributed by atoms with E-state index in [0.29, 0.717) is 22.7 Å². The molecule has 12 heteroatoms. The standard InChI is InChI=1S/C21H20BrN3O6S2/c1-12-6-16(4-5-17(12)22)33(28,29)18-10-23-21(25-20(18)27)32-11-19(26)24-13-7-14(30-2)9-15(8-13)31-3/h4-10H,11H2,1-3H3,(H,24,26)(H,23,25,27). The Balaban J connectivity index is 1.71. The summed E-state index contributed by atoms with van der Waals surface area (Å²) in [4.78, 5) is 30.7. The molecule has 0 bridgehead atoms. The lowest BCUT2D eigenvalue weighted by molar-refractivity contribution is -0.113. The Morgan fingerprint density at radius 2 is 1.82 bits per heavy atom. The average Bonchev–Trinajstić information content (AvgIpc) is 2.78. The van der Waals surface area contributed by atoms with Crippen LogP contribution in [0.1, 0.15) is 5.56 Å². The maximum Gasteiger partial charge on any atom is 0.270 e. The number of aryl methyl sites for hydroxylation is 1. The summed E-state index contributed by atoms with van der Waals surface area (Å²) >= 11 is 4.28. The van der Waals surface area contributed by atoms with Crippen molar-refractivity contribution in [3.8, 4) is 11.5 Å². The van der Waals surface area contributed by atoms with Gasteiger partial charge in [-0.05, 0) is 30.7 Å². The van der Waals surface area contributed by atoms with Gasteiger partial charge in [0.15, 0.2) is 10.1 Å². The number of methoxy groups -OCH3 is 2. The Morgan fingerprint density at radius 1 is 1.15 bits per heavy atom. The summed E-state index contributed by atoms with van der Waals surface area (Å²) in [7, 11) is -1.05. The number of carbonyl (C=O) groups is 1. The minimum absolute atomic E-state index is 0.0102. The van der Waals surface area contributed by atoms with E-state index in [1.165, 1.54) is 26.4 Å². The molecule has 0 unspecified atom stereocenters. The van der Waals surface area contributed by atoms with Crippen LogP contribution in [0.15, 0.2) is 66.8 Å². The zero-order valence-corrected chi connectivity index (χ0v) is 21.1. The molecule has 9 nitrogen and oxygen atoms in total. The number of aromatic nitrogens is 2. The summed E-state index contributed by atoms with van der Waals surface area (Å²) in [6, 6.07) is 9.42. The van der Waals surface area contributed by atoms with Crippen molar-refractivity contribution in [3.05, 3.63) is 63.0 Å². The molecule has 0 atom stereocenters. The van der Waals surface area contributed by atoms with Crippen molar-refractivity contribution in [2.45, 2.75) is 21.9 Å². The molecule has 1 heterocycles. The molecule has 1 amide bonds. The number of sulfone groups is 1. The predicted molar refractivity (Wildman–Crippen MR) is 128 cm³/mol. The van der Waals surface area contributed by atoms with Gasteiger partial charge in [-0.25, -0.2) is 13.4 Å². The molecule has 1 aromatic heterocycles. The number of nitrogens with one attached hydrogen (secondary N) is 2. The number of anilines is 1. The molecular weight excluding hydrogens is 534 g/mol. The second kappa shape index (κ2) is 10.4. The molecule has 0 spiro atoms. The average molecular weight is 554 g/mol. The van der Waals surface area contributed by atoms with Crippen molar-refractivity contribution in [2.75, 3.05) is 25.3 Å². The maximum absolute atomic E-state index is 12.8. The van der Waals surface area contributed by atoms with Gasteiger partial charge in [0.25, 0.3) is 5.56 Å². The molecule has 33 heavy (non-hydrogen) atoms. The van der Waals surface area contributed by atoms with Gasteiger partial charge in [0, 0.05) is 28.4 Å². The Kier molecular flexibility index (Phi) is 7.82. The normalized spacial score (nSPS) is 11.2. The third-order valence-electron chi connectivity index (χ3n) is 4.45. The molecule has 0 radical (unpaired) electrons. The van der Waals surface area contributed by atoms with E-state index in [9.17, 15) is 18.0 Å². The van der Waals surface area contributed by atoms with E-state index >= 15 is 0 Å². The number of H-pyrrole nitrogens is 1. The van der Waals surface area contributed by atoms with Crippen LogP contribution in [0.4, 0.5) is 5.69 Å². The summed E-state index contributed by atoms with van der Waals surface area (Å²) in [6.07, 6.45) is 0.999. The number of rotatable bonds is 8. The predicted octanol–water partition coefficient (Wildman–Crippen LogP) is 3.42. The number of hydrogen-bond donors (Lipinski definition) is 2. The fraction of sp³-hybridized carbons (Fsp3) is 0.190. The molecule has 0 aliphatic carbocycles. The van der Waals surface area contributed by atoms with E-state index in [4.69, 9.17) is 9.47 Å². The van der Waals surface area contributed by atoms with Gasteiger partial charge in [0.05, 0.1) is 31.1 Å². The summed E-state index contributed by atoms with van der Waals surface area (Å²) in [5.41, 5.74) is 0.378.